The Kier molecular flexibility index (Phi) is 1.88. The standard InChI is InChI=1S/C9H12N4/c1-6-3-4-11-9-7(6)8(10-2)12-5-13-9/h3,5H,4H2,1-2H3,(H2,10,11,12,13). The van der Waals surface area contributed by atoms with Gasteiger partial charge in [-0.25, -0.2) is 9.97 Å². The molecule has 0 unspecified atom stereocenters. The van der Waals surface area contributed by atoms with Crippen molar-refractivity contribution in [2.24, 2.45) is 0 Å². The van der Waals surface area contributed by atoms with E-state index < -0.39 is 0 Å². The van der Waals surface area contributed by atoms with E-state index in [0.717, 1.165) is 23.7 Å². The van der Waals surface area contributed by atoms with E-state index in [-0.39, 0.29) is 0 Å². The Morgan fingerprint density at radius 1 is 1.46 bits per heavy atom. The minimum Gasteiger partial charge on any atom is -0.372 e. The van der Waals surface area contributed by atoms with Gasteiger partial charge in [0.1, 0.15) is 18.0 Å². The van der Waals surface area contributed by atoms with Crippen LogP contribution in [0.5, 0.6) is 0 Å². The molecule has 0 radical (unpaired) electrons. The topological polar surface area (TPSA) is 49.8 Å². The van der Waals surface area contributed by atoms with Crippen LogP contribution in [-0.4, -0.2) is 23.6 Å². The number of rotatable bonds is 1. The summed E-state index contributed by atoms with van der Waals surface area (Å²) in [4.78, 5) is 8.33. The molecule has 0 atom stereocenters. The summed E-state index contributed by atoms with van der Waals surface area (Å²) in [6, 6.07) is 0. The number of allylic oxidation sites excluding steroid dienone is 1. The average Bonchev–Trinajstić information content (AvgIpc) is 2.17. The zero-order valence-electron chi connectivity index (χ0n) is 7.76. The predicted octanol–water partition coefficient (Wildman–Crippen LogP) is 1.35. The molecule has 1 aliphatic heterocycles. The summed E-state index contributed by atoms with van der Waals surface area (Å²) in [5.74, 6) is 1.80. The molecule has 0 spiro atoms. The van der Waals surface area contributed by atoms with Gasteiger partial charge >= 0.3 is 0 Å². The van der Waals surface area contributed by atoms with Crippen molar-refractivity contribution in [3.8, 4) is 0 Å². The Hall–Kier alpha value is -1.58. The Morgan fingerprint density at radius 2 is 2.31 bits per heavy atom. The molecule has 1 aliphatic rings. The fraction of sp³-hybridized carbons (Fsp3) is 0.333. The van der Waals surface area contributed by atoms with Crippen LogP contribution in [0.2, 0.25) is 0 Å². The first-order chi connectivity index (χ1) is 6.33. The molecule has 2 N–H and O–H groups in total. The fourth-order valence-corrected chi connectivity index (χ4v) is 1.49. The average molecular weight is 176 g/mol. The monoisotopic (exact) mass is 176 g/mol. The van der Waals surface area contributed by atoms with Crippen LogP contribution in [0.25, 0.3) is 5.57 Å². The second-order valence-electron chi connectivity index (χ2n) is 2.96. The van der Waals surface area contributed by atoms with Crippen LogP contribution in [0.3, 0.4) is 0 Å². The molecule has 2 heterocycles. The number of nitrogens with zero attached hydrogens (tertiary/aromatic N) is 2. The van der Waals surface area contributed by atoms with E-state index in [2.05, 4.69) is 33.6 Å². The van der Waals surface area contributed by atoms with E-state index in [0.29, 0.717) is 0 Å². The lowest BCUT2D eigenvalue weighted by Crippen LogP contribution is -2.11. The van der Waals surface area contributed by atoms with Gasteiger partial charge in [-0.1, -0.05) is 6.08 Å². The second-order valence-corrected chi connectivity index (χ2v) is 2.96. The van der Waals surface area contributed by atoms with Gasteiger partial charge in [0.25, 0.3) is 0 Å². The first-order valence-corrected chi connectivity index (χ1v) is 4.26. The maximum absolute atomic E-state index is 4.18. The fourth-order valence-electron chi connectivity index (χ4n) is 1.49. The Bertz CT molecular complexity index is 357. The zero-order chi connectivity index (χ0) is 9.26. The molecule has 0 bridgehead atoms. The molecule has 4 heteroatoms. The molecule has 0 amide bonds. The smallest absolute Gasteiger partial charge is 0.139 e. The number of aromatic nitrogens is 2. The van der Waals surface area contributed by atoms with Gasteiger partial charge in [0.2, 0.25) is 0 Å². The molecule has 2 rings (SSSR count). The summed E-state index contributed by atoms with van der Waals surface area (Å²) in [7, 11) is 1.87. The summed E-state index contributed by atoms with van der Waals surface area (Å²) in [5.41, 5.74) is 2.30. The van der Waals surface area contributed by atoms with Crippen molar-refractivity contribution >= 4 is 17.2 Å². The van der Waals surface area contributed by atoms with Crippen molar-refractivity contribution in [2.45, 2.75) is 6.92 Å². The highest BCUT2D eigenvalue weighted by molar-refractivity contribution is 5.82. The molecule has 0 saturated heterocycles. The van der Waals surface area contributed by atoms with Crippen molar-refractivity contribution < 1.29 is 0 Å². The molecule has 0 aromatic carbocycles. The van der Waals surface area contributed by atoms with E-state index in [4.69, 9.17) is 0 Å². The maximum Gasteiger partial charge on any atom is 0.139 e. The molecule has 13 heavy (non-hydrogen) atoms. The minimum absolute atomic E-state index is 0.846. The van der Waals surface area contributed by atoms with E-state index >= 15 is 0 Å². The highest BCUT2D eigenvalue weighted by Crippen LogP contribution is 2.29. The third-order valence-corrected chi connectivity index (χ3v) is 2.16. The van der Waals surface area contributed by atoms with Gasteiger partial charge in [0.05, 0.1) is 5.56 Å². The lowest BCUT2D eigenvalue weighted by atomic mass is 10.1. The van der Waals surface area contributed by atoms with Gasteiger partial charge in [-0.15, -0.1) is 0 Å². The highest BCUT2D eigenvalue weighted by Gasteiger charge is 2.14. The molecule has 0 saturated carbocycles. The molecule has 0 fully saturated rings. The van der Waals surface area contributed by atoms with Crippen LogP contribution in [0.4, 0.5) is 11.6 Å². The van der Waals surface area contributed by atoms with E-state index in [1.165, 1.54) is 5.57 Å². The van der Waals surface area contributed by atoms with Crippen LogP contribution in [0.15, 0.2) is 12.4 Å². The van der Waals surface area contributed by atoms with Crippen LogP contribution in [-0.2, 0) is 0 Å². The first-order valence-electron chi connectivity index (χ1n) is 4.26. The van der Waals surface area contributed by atoms with Crippen molar-refractivity contribution in [2.75, 3.05) is 24.2 Å². The van der Waals surface area contributed by atoms with Crippen LogP contribution in [0.1, 0.15) is 12.5 Å². The minimum atomic E-state index is 0.846. The summed E-state index contributed by atoms with van der Waals surface area (Å²) < 4.78 is 0. The van der Waals surface area contributed by atoms with Gasteiger partial charge in [-0.2, -0.15) is 0 Å². The molecule has 0 aliphatic carbocycles. The number of hydrogen-bond donors (Lipinski definition) is 2. The van der Waals surface area contributed by atoms with Gasteiger partial charge in [0.15, 0.2) is 0 Å². The summed E-state index contributed by atoms with van der Waals surface area (Å²) in [6.07, 6.45) is 3.70. The normalized spacial score (nSPS) is 14.2. The van der Waals surface area contributed by atoms with E-state index in [9.17, 15) is 0 Å². The third kappa shape index (κ3) is 1.24. The number of nitrogens with one attached hydrogen (secondary N) is 2. The highest BCUT2D eigenvalue weighted by atomic mass is 15.1. The molecule has 4 nitrogen and oxygen atoms in total. The van der Waals surface area contributed by atoms with Crippen LogP contribution in [0, 0.1) is 0 Å². The Morgan fingerprint density at radius 3 is 3.08 bits per heavy atom. The predicted molar refractivity (Wildman–Crippen MR) is 53.7 cm³/mol. The van der Waals surface area contributed by atoms with E-state index in [1.807, 2.05) is 7.05 Å². The summed E-state index contributed by atoms with van der Waals surface area (Å²) in [5, 5.41) is 6.25. The van der Waals surface area contributed by atoms with Crippen molar-refractivity contribution in [1.29, 1.82) is 0 Å². The number of hydrogen-bond acceptors (Lipinski definition) is 4. The molecule has 68 valence electrons. The molecule has 1 aromatic heterocycles. The van der Waals surface area contributed by atoms with Crippen molar-refractivity contribution in [3.63, 3.8) is 0 Å². The number of anilines is 2. The quantitative estimate of drug-likeness (QED) is 0.678. The lowest BCUT2D eigenvalue weighted by molar-refractivity contribution is 1.10. The summed E-state index contributed by atoms with van der Waals surface area (Å²) in [6.45, 7) is 2.92. The first kappa shape index (κ1) is 8.04. The van der Waals surface area contributed by atoms with Gasteiger partial charge in [0, 0.05) is 13.6 Å². The zero-order valence-corrected chi connectivity index (χ0v) is 7.76. The Labute approximate surface area is 77.1 Å². The van der Waals surface area contributed by atoms with Crippen molar-refractivity contribution in [1.82, 2.24) is 9.97 Å². The van der Waals surface area contributed by atoms with Gasteiger partial charge in [-0.3, -0.25) is 0 Å². The van der Waals surface area contributed by atoms with Crippen molar-refractivity contribution in [3.05, 3.63) is 18.0 Å². The van der Waals surface area contributed by atoms with Gasteiger partial charge < -0.3 is 10.6 Å². The van der Waals surface area contributed by atoms with E-state index in [1.54, 1.807) is 6.33 Å². The Balaban J connectivity index is 2.60. The largest absolute Gasteiger partial charge is 0.372 e. The summed E-state index contributed by atoms with van der Waals surface area (Å²) >= 11 is 0. The van der Waals surface area contributed by atoms with Crippen LogP contribution >= 0.6 is 0 Å². The SMILES string of the molecule is CNc1ncnc2c1C(C)=CCN2. The lowest BCUT2D eigenvalue weighted by Gasteiger charge is -2.17. The third-order valence-electron chi connectivity index (χ3n) is 2.16. The molecule has 1 aromatic rings. The molecular formula is C9H12N4. The van der Waals surface area contributed by atoms with Gasteiger partial charge in [-0.05, 0) is 12.5 Å². The second kappa shape index (κ2) is 3.05. The van der Waals surface area contributed by atoms with Crippen LogP contribution < -0.4 is 10.6 Å². The molecular weight excluding hydrogens is 164 g/mol. The maximum atomic E-state index is 4.18. The number of fused-ring (bicyclic) bond motifs is 1.